The average Bonchev–Trinajstić information content (AvgIpc) is 3.26. The molecule has 2 heterocycles. The molecule has 1 atom stereocenters. The van der Waals surface area contributed by atoms with Crippen molar-refractivity contribution in [2.24, 2.45) is 0 Å². The zero-order chi connectivity index (χ0) is 28.2. The third kappa shape index (κ3) is 4.37. The molecular weight excluding hydrogens is 497 g/mol. The van der Waals surface area contributed by atoms with Gasteiger partial charge in [0.2, 0.25) is 0 Å². The maximum absolute atomic E-state index is 15.2. The maximum Gasteiger partial charge on any atom is 0.416 e. The summed E-state index contributed by atoms with van der Waals surface area (Å²) in [6, 6.07) is 5.14. The number of carbonyl (C=O) groups is 1. The summed E-state index contributed by atoms with van der Waals surface area (Å²) in [6.07, 6.45) is -5.83. The topological polar surface area (TPSA) is 106 Å². The lowest BCUT2D eigenvalue weighted by atomic mass is 10.0. The molecule has 0 radical (unpaired) electrons. The van der Waals surface area contributed by atoms with Crippen LogP contribution < -0.4 is 11.1 Å². The van der Waals surface area contributed by atoms with Crippen LogP contribution in [0.1, 0.15) is 27.2 Å². The van der Waals surface area contributed by atoms with E-state index in [-0.39, 0.29) is 16.5 Å². The van der Waals surface area contributed by atoms with Gasteiger partial charge < -0.3 is 16.2 Å². The largest absolute Gasteiger partial charge is 0.416 e. The molecule has 182 valence electrons. The second-order valence-corrected chi connectivity index (χ2v) is 7.63. The molecule has 0 saturated carbocycles. The quantitative estimate of drug-likeness (QED) is 0.336. The molecule has 0 aliphatic heterocycles. The summed E-state index contributed by atoms with van der Waals surface area (Å²) in [4.78, 5) is 20.1. The van der Waals surface area contributed by atoms with Crippen molar-refractivity contribution in [1.29, 1.82) is 0 Å². The molecule has 4 aromatic rings. The average molecular weight is 515 g/mol. The summed E-state index contributed by atoms with van der Waals surface area (Å²) in [5.41, 5.74) is 2.36. The van der Waals surface area contributed by atoms with Crippen LogP contribution in [-0.4, -0.2) is 25.4 Å². The number of alkyl halides is 3. The summed E-state index contributed by atoms with van der Waals surface area (Å²) in [7, 11) is 0. The fourth-order valence-electron chi connectivity index (χ4n) is 3.36. The van der Waals surface area contributed by atoms with E-state index in [0.29, 0.717) is 6.07 Å². The Labute approximate surface area is 203 Å². The molecule has 2 aromatic carbocycles. The molecule has 4 rings (SSSR count). The molecule has 2 aromatic heterocycles. The summed E-state index contributed by atoms with van der Waals surface area (Å²) < 4.78 is 93.0. The van der Waals surface area contributed by atoms with Crippen molar-refractivity contribution in [3.05, 3.63) is 76.3 Å². The molecule has 0 saturated heterocycles. The van der Waals surface area contributed by atoms with Crippen molar-refractivity contribution >= 4 is 34.5 Å². The number of hydrogen-bond donors (Lipinski definition) is 3. The van der Waals surface area contributed by atoms with Crippen molar-refractivity contribution in [3.63, 3.8) is 0 Å². The lowest BCUT2D eigenvalue weighted by Gasteiger charge is -2.15. The molecule has 0 aliphatic rings. The number of nitrogens with zero attached hydrogens (tertiary/aromatic N) is 3. The smallest absolute Gasteiger partial charge is 0.382 e. The Hall–Kier alpha value is -3.77. The van der Waals surface area contributed by atoms with Crippen LogP contribution in [0, 0.1) is 18.5 Å². The number of anilines is 2. The third-order valence-electron chi connectivity index (χ3n) is 5.02. The maximum atomic E-state index is 15.2. The number of nitrogens with two attached hydrogens (primary N) is 1. The van der Waals surface area contributed by atoms with Crippen molar-refractivity contribution in [2.75, 3.05) is 11.1 Å². The minimum absolute atomic E-state index is 0.210. The van der Waals surface area contributed by atoms with Gasteiger partial charge in [-0.3, -0.25) is 9.20 Å². The number of hydrogen-bond acceptors (Lipinski definition) is 5. The molecule has 4 N–H and O–H groups in total. The molecular formula is C22H15ClF5N5O2. The van der Waals surface area contributed by atoms with Gasteiger partial charge in [-0.2, -0.15) is 13.2 Å². The van der Waals surface area contributed by atoms with E-state index in [2.05, 4.69) is 9.97 Å². The monoisotopic (exact) mass is 514 g/mol. The minimum atomic E-state index is -4.74. The van der Waals surface area contributed by atoms with E-state index in [0.717, 1.165) is 40.9 Å². The fourth-order valence-corrected chi connectivity index (χ4v) is 3.57. The number of fused-ring (bicyclic) bond motifs is 1. The Balaban J connectivity index is 1.72. The molecule has 0 aliphatic carbocycles. The highest BCUT2D eigenvalue weighted by atomic mass is 35.5. The van der Waals surface area contributed by atoms with E-state index in [1.807, 2.05) is 5.32 Å². The first kappa shape index (κ1) is 20.6. The van der Waals surface area contributed by atoms with E-state index in [4.69, 9.17) is 21.4 Å². The molecule has 1 unspecified atom stereocenters. The number of aryl methyl sites for hydroxylation is 1. The SMILES string of the molecule is [2H]C([2H])([2H])c1nc(-c2ccc(NC(=O)C(O)c3cccc(C(F)(F)F)c3)c(F)c2F)c2c(N)ncc(Cl)n12. The van der Waals surface area contributed by atoms with E-state index in [1.165, 1.54) is 0 Å². The van der Waals surface area contributed by atoms with E-state index < -0.39 is 70.6 Å². The first-order valence-corrected chi connectivity index (χ1v) is 9.96. The van der Waals surface area contributed by atoms with Gasteiger partial charge in [0.05, 0.1) is 17.4 Å². The molecule has 0 spiro atoms. The van der Waals surface area contributed by atoms with Crippen LogP contribution >= 0.6 is 11.6 Å². The Morgan fingerprint density at radius 1 is 1.26 bits per heavy atom. The van der Waals surface area contributed by atoms with Crippen LogP contribution in [0.2, 0.25) is 5.15 Å². The Kier molecular flexibility index (Phi) is 5.17. The van der Waals surface area contributed by atoms with E-state index >= 15 is 4.39 Å². The standard InChI is InChI=1S/C22H15ClF5N5O2/c1-9-31-17(18-20(29)30-8-14(23)33(9)18)12-5-6-13(16(25)15(12)24)32-21(35)19(34)10-3-2-4-11(7-10)22(26,27)28/h2-8,19,34H,1H3,(H2,29,30)(H,32,35)/i1D3. The first-order valence-electron chi connectivity index (χ1n) is 11.1. The summed E-state index contributed by atoms with van der Waals surface area (Å²) in [5.74, 6) is -5.42. The normalized spacial score (nSPS) is 14.3. The molecule has 13 heteroatoms. The van der Waals surface area contributed by atoms with Gasteiger partial charge in [-0.1, -0.05) is 23.7 Å². The first-order chi connectivity index (χ1) is 17.6. The number of carbonyl (C=O) groups excluding carboxylic acids is 1. The van der Waals surface area contributed by atoms with Crippen molar-refractivity contribution in [1.82, 2.24) is 14.4 Å². The van der Waals surface area contributed by atoms with Crippen LogP contribution in [0.25, 0.3) is 16.8 Å². The number of aliphatic hydroxyl groups is 1. The lowest BCUT2D eigenvalue weighted by Crippen LogP contribution is -2.22. The zero-order valence-electron chi connectivity index (χ0n) is 20.2. The van der Waals surface area contributed by atoms with Gasteiger partial charge in [0.15, 0.2) is 17.7 Å². The summed E-state index contributed by atoms with van der Waals surface area (Å²) >= 11 is 6.06. The Morgan fingerprint density at radius 3 is 2.69 bits per heavy atom. The van der Waals surface area contributed by atoms with Gasteiger partial charge in [-0.25, -0.2) is 18.7 Å². The van der Waals surface area contributed by atoms with Crippen LogP contribution in [0.5, 0.6) is 0 Å². The van der Waals surface area contributed by atoms with Gasteiger partial charge >= 0.3 is 6.18 Å². The lowest BCUT2D eigenvalue weighted by molar-refractivity contribution is -0.138. The number of aliphatic hydroxyl groups excluding tert-OH is 1. The van der Waals surface area contributed by atoms with Crippen molar-refractivity contribution in [3.8, 4) is 11.3 Å². The number of benzene rings is 2. The van der Waals surface area contributed by atoms with Crippen LogP contribution in [0.3, 0.4) is 0 Å². The van der Waals surface area contributed by atoms with Gasteiger partial charge in [0, 0.05) is 9.68 Å². The fraction of sp³-hybridized carbons (Fsp3) is 0.136. The summed E-state index contributed by atoms with van der Waals surface area (Å²) in [5, 5.41) is 11.9. The number of amides is 1. The summed E-state index contributed by atoms with van der Waals surface area (Å²) in [6.45, 7) is -2.83. The zero-order valence-corrected chi connectivity index (χ0v) is 17.9. The van der Waals surface area contributed by atoms with E-state index in [1.54, 1.807) is 0 Å². The number of rotatable bonds is 4. The van der Waals surface area contributed by atoms with Crippen LogP contribution in [0.15, 0.2) is 42.6 Å². The van der Waals surface area contributed by atoms with Gasteiger partial charge in [-0.05, 0) is 36.7 Å². The molecule has 1 amide bonds. The number of nitrogens with one attached hydrogen (secondary N) is 1. The second kappa shape index (κ2) is 8.78. The van der Waals surface area contributed by atoms with Crippen LogP contribution in [-0.2, 0) is 11.0 Å². The number of aromatic nitrogens is 3. The van der Waals surface area contributed by atoms with Crippen LogP contribution in [0.4, 0.5) is 33.5 Å². The Morgan fingerprint density at radius 2 is 2.00 bits per heavy atom. The van der Waals surface area contributed by atoms with Crippen molar-refractivity contribution < 1.29 is 36.0 Å². The van der Waals surface area contributed by atoms with E-state index in [9.17, 15) is 27.5 Å². The highest BCUT2D eigenvalue weighted by molar-refractivity contribution is 6.29. The highest BCUT2D eigenvalue weighted by Crippen LogP contribution is 2.35. The number of halogens is 6. The predicted octanol–water partition coefficient (Wildman–Crippen LogP) is 4.91. The van der Waals surface area contributed by atoms with Gasteiger partial charge in [0.1, 0.15) is 28.0 Å². The molecule has 7 nitrogen and oxygen atoms in total. The Bertz CT molecular complexity index is 1580. The molecule has 35 heavy (non-hydrogen) atoms. The van der Waals surface area contributed by atoms with Crippen molar-refractivity contribution in [2.45, 2.75) is 19.1 Å². The van der Waals surface area contributed by atoms with Gasteiger partial charge in [-0.15, -0.1) is 0 Å². The molecule has 0 fully saturated rings. The minimum Gasteiger partial charge on any atom is -0.382 e. The highest BCUT2D eigenvalue weighted by Gasteiger charge is 2.32. The molecule has 0 bridgehead atoms. The number of nitrogen functional groups attached to an aromatic ring is 1. The second-order valence-electron chi connectivity index (χ2n) is 7.24. The number of imidazole rings is 1. The third-order valence-corrected chi connectivity index (χ3v) is 5.28. The predicted molar refractivity (Wildman–Crippen MR) is 118 cm³/mol. The van der Waals surface area contributed by atoms with Gasteiger partial charge in [0.25, 0.3) is 5.91 Å².